The summed E-state index contributed by atoms with van der Waals surface area (Å²) in [5, 5.41) is 13.2. The number of aromatic nitrogens is 2. The summed E-state index contributed by atoms with van der Waals surface area (Å²) in [7, 11) is 0. The lowest BCUT2D eigenvalue weighted by Gasteiger charge is -2.23. The number of nitrogens with one attached hydrogen (secondary N) is 1. The lowest BCUT2D eigenvalue weighted by molar-refractivity contribution is 0.0790. The number of hydrogen-bond donors (Lipinski definition) is 2. The molecule has 1 aromatic carbocycles. The van der Waals surface area contributed by atoms with Crippen molar-refractivity contribution in [2.75, 3.05) is 5.32 Å². The van der Waals surface area contributed by atoms with Gasteiger partial charge in [-0.25, -0.2) is 9.37 Å². The molecular weight excluding hydrogens is 340 g/mol. The Balaban J connectivity index is 2.53. The molecule has 2 aromatic rings. The van der Waals surface area contributed by atoms with E-state index in [4.69, 9.17) is 34.8 Å². The van der Waals surface area contributed by atoms with E-state index in [1.54, 1.807) is 0 Å². The molecule has 0 saturated carbocycles. The number of halogens is 4. The van der Waals surface area contributed by atoms with Crippen LogP contribution in [0, 0.1) is 5.82 Å². The standard InChI is InChI=1S/C13H11Cl3FN3O/c1-13(2,21)6-3-9(17)7(14)4-10(6)19-11-8(15)5-18-12(16)20-11/h3-5,21H,1-2H3,(H,18,19,20). The molecule has 0 aliphatic carbocycles. The third-order valence-corrected chi connectivity index (χ3v) is 3.44. The monoisotopic (exact) mass is 349 g/mol. The Hall–Kier alpha value is -1.14. The fourth-order valence-electron chi connectivity index (χ4n) is 1.72. The van der Waals surface area contributed by atoms with E-state index in [1.165, 1.54) is 26.1 Å². The van der Waals surface area contributed by atoms with Gasteiger partial charge in [0.2, 0.25) is 5.28 Å². The van der Waals surface area contributed by atoms with E-state index in [2.05, 4.69) is 15.3 Å². The van der Waals surface area contributed by atoms with Gasteiger partial charge in [-0.05, 0) is 37.6 Å². The molecule has 21 heavy (non-hydrogen) atoms. The van der Waals surface area contributed by atoms with Gasteiger partial charge in [-0.3, -0.25) is 0 Å². The van der Waals surface area contributed by atoms with Gasteiger partial charge in [0.05, 0.1) is 16.8 Å². The summed E-state index contributed by atoms with van der Waals surface area (Å²) in [5.74, 6) is -0.406. The summed E-state index contributed by atoms with van der Waals surface area (Å²) in [5.41, 5.74) is -0.627. The van der Waals surface area contributed by atoms with Crippen molar-refractivity contribution >= 4 is 46.3 Å². The number of anilines is 2. The lowest BCUT2D eigenvalue weighted by atomic mass is 9.96. The third-order valence-electron chi connectivity index (χ3n) is 2.69. The Morgan fingerprint density at radius 3 is 2.48 bits per heavy atom. The molecule has 2 rings (SSSR count). The van der Waals surface area contributed by atoms with Crippen molar-refractivity contribution < 1.29 is 9.50 Å². The zero-order valence-corrected chi connectivity index (χ0v) is 13.4. The molecule has 112 valence electrons. The first-order valence-corrected chi connectivity index (χ1v) is 6.99. The zero-order valence-electron chi connectivity index (χ0n) is 11.1. The molecule has 0 bridgehead atoms. The highest BCUT2D eigenvalue weighted by Gasteiger charge is 2.23. The first-order chi connectivity index (χ1) is 9.68. The summed E-state index contributed by atoms with van der Waals surface area (Å²) >= 11 is 17.5. The van der Waals surface area contributed by atoms with E-state index in [0.717, 1.165) is 6.07 Å². The highest BCUT2D eigenvalue weighted by atomic mass is 35.5. The molecule has 0 spiro atoms. The predicted molar refractivity (Wildman–Crippen MR) is 82.0 cm³/mol. The van der Waals surface area contributed by atoms with Crippen LogP contribution in [0.25, 0.3) is 0 Å². The van der Waals surface area contributed by atoms with Gasteiger partial charge in [-0.15, -0.1) is 0 Å². The van der Waals surface area contributed by atoms with Crippen LogP contribution < -0.4 is 5.32 Å². The Morgan fingerprint density at radius 2 is 1.86 bits per heavy atom. The topological polar surface area (TPSA) is 58.0 Å². The highest BCUT2D eigenvalue weighted by molar-refractivity contribution is 6.33. The molecule has 0 radical (unpaired) electrons. The smallest absolute Gasteiger partial charge is 0.224 e. The molecule has 0 saturated heterocycles. The average molecular weight is 351 g/mol. The molecular formula is C13H11Cl3FN3O. The van der Waals surface area contributed by atoms with Crippen LogP contribution in [0.3, 0.4) is 0 Å². The number of hydrogen-bond acceptors (Lipinski definition) is 4. The molecule has 0 unspecified atom stereocenters. The Morgan fingerprint density at radius 1 is 1.19 bits per heavy atom. The minimum atomic E-state index is -1.29. The van der Waals surface area contributed by atoms with Crippen molar-refractivity contribution in [2.24, 2.45) is 0 Å². The van der Waals surface area contributed by atoms with E-state index >= 15 is 0 Å². The van der Waals surface area contributed by atoms with Crippen LogP contribution in [0.1, 0.15) is 19.4 Å². The molecule has 8 heteroatoms. The van der Waals surface area contributed by atoms with Crippen molar-refractivity contribution in [1.82, 2.24) is 9.97 Å². The van der Waals surface area contributed by atoms with Crippen molar-refractivity contribution in [3.8, 4) is 0 Å². The van der Waals surface area contributed by atoms with Crippen molar-refractivity contribution in [3.63, 3.8) is 0 Å². The quantitative estimate of drug-likeness (QED) is 0.798. The van der Waals surface area contributed by atoms with E-state index < -0.39 is 11.4 Å². The van der Waals surface area contributed by atoms with Crippen LogP contribution in [0.2, 0.25) is 15.3 Å². The number of nitrogens with zero attached hydrogens (tertiary/aromatic N) is 2. The predicted octanol–water partition coefficient (Wildman–Crippen LogP) is 4.55. The normalized spacial score (nSPS) is 11.6. The molecule has 0 aliphatic heterocycles. The minimum Gasteiger partial charge on any atom is -0.386 e. The van der Waals surface area contributed by atoms with Crippen molar-refractivity contribution in [3.05, 3.63) is 45.0 Å². The van der Waals surface area contributed by atoms with Crippen LogP contribution in [0.15, 0.2) is 18.3 Å². The first kappa shape index (κ1) is 16.2. The van der Waals surface area contributed by atoms with Crippen molar-refractivity contribution in [2.45, 2.75) is 19.4 Å². The molecule has 0 amide bonds. The van der Waals surface area contributed by atoms with Gasteiger partial charge in [0.15, 0.2) is 5.82 Å². The van der Waals surface area contributed by atoms with Gasteiger partial charge in [0, 0.05) is 11.3 Å². The van der Waals surface area contributed by atoms with Crippen LogP contribution in [-0.4, -0.2) is 15.1 Å². The van der Waals surface area contributed by atoms with Crippen LogP contribution in [0.4, 0.5) is 15.9 Å². The van der Waals surface area contributed by atoms with E-state index in [9.17, 15) is 9.50 Å². The summed E-state index contributed by atoms with van der Waals surface area (Å²) in [6, 6.07) is 2.50. The largest absolute Gasteiger partial charge is 0.386 e. The second kappa shape index (κ2) is 5.93. The average Bonchev–Trinajstić information content (AvgIpc) is 2.36. The van der Waals surface area contributed by atoms with E-state index in [1.807, 2.05) is 0 Å². The fourth-order valence-corrected chi connectivity index (χ4v) is 2.15. The van der Waals surface area contributed by atoms with Crippen LogP contribution >= 0.6 is 34.8 Å². The second-order valence-electron chi connectivity index (χ2n) is 4.83. The van der Waals surface area contributed by atoms with Crippen LogP contribution in [-0.2, 0) is 5.60 Å². The third kappa shape index (κ3) is 3.74. The maximum absolute atomic E-state index is 13.6. The van der Waals surface area contributed by atoms with Crippen LogP contribution in [0.5, 0.6) is 0 Å². The number of benzene rings is 1. The summed E-state index contributed by atoms with van der Waals surface area (Å²) < 4.78 is 13.6. The highest BCUT2D eigenvalue weighted by Crippen LogP contribution is 2.35. The summed E-state index contributed by atoms with van der Waals surface area (Å²) in [6.07, 6.45) is 1.33. The molecule has 4 nitrogen and oxygen atoms in total. The van der Waals surface area contributed by atoms with Gasteiger partial charge < -0.3 is 10.4 Å². The zero-order chi connectivity index (χ0) is 15.8. The van der Waals surface area contributed by atoms with Crippen molar-refractivity contribution in [1.29, 1.82) is 0 Å². The minimum absolute atomic E-state index is 0.0000766. The SMILES string of the molecule is CC(C)(O)c1cc(F)c(Cl)cc1Nc1nc(Cl)ncc1Cl. The van der Waals surface area contributed by atoms with Gasteiger partial charge in [-0.1, -0.05) is 23.2 Å². The lowest BCUT2D eigenvalue weighted by Crippen LogP contribution is -2.18. The molecule has 0 aliphatic rings. The Labute approximate surface area is 135 Å². The number of rotatable bonds is 3. The van der Waals surface area contributed by atoms with Gasteiger partial charge in [-0.2, -0.15) is 4.98 Å². The molecule has 1 aromatic heterocycles. The first-order valence-electron chi connectivity index (χ1n) is 5.85. The van der Waals surface area contributed by atoms with Gasteiger partial charge in [0.25, 0.3) is 0 Å². The summed E-state index contributed by atoms with van der Waals surface area (Å²) in [6.45, 7) is 3.05. The molecule has 2 N–H and O–H groups in total. The Bertz CT molecular complexity index is 689. The van der Waals surface area contributed by atoms with E-state index in [0.29, 0.717) is 11.3 Å². The van der Waals surface area contributed by atoms with E-state index in [-0.39, 0.29) is 21.1 Å². The summed E-state index contributed by atoms with van der Waals surface area (Å²) in [4.78, 5) is 7.67. The Kier molecular flexibility index (Phi) is 4.58. The molecule has 1 heterocycles. The molecule has 0 fully saturated rings. The maximum Gasteiger partial charge on any atom is 0.224 e. The molecule has 0 atom stereocenters. The number of aliphatic hydroxyl groups is 1. The fraction of sp³-hybridized carbons (Fsp3) is 0.231. The van der Waals surface area contributed by atoms with Gasteiger partial charge in [0.1, 0.15) is 10.8 Å². The van der Waals surface area contributed by atoms with Gasteiger partial charge >= 0.3 is 0 Å². The maximum atomic E-state index is 13.6. The second-order valence-corrected chi connectivity index (χ2v) is 5.98.